The summed E-state index contributed by atoms with van der Waals surface area (Å²) >= 11 is 0. The number of carbonyl (C=O) groups is 1. The third-order valence-corrected chi connectivity index (χ3v) is 2.52. The van der Waals surface area contributed by atoms with Gasteiger partial charge in [-0.3, -0.25) is 4.79 Å². The van der Waals surface area contributed by atoms with Crippen LogP contribution in [0, 0.1) is 5.92 Å². The molecule has 0 bridgehead atoms. The molecule has 14 heavy (non-hydrogen) atoms. The lowest BCUT2D eigenvalue weighted by Gasteiger charge is -2.19. The number of rotatable bonds is 6. The van der Waals surface area contributed by atoms with Gasteiger partial charge in [0, 0.05) is 12.1 Å². The van der Waals surface area contributed by atoms with Crippen molar-refractivity contribution in [2.45, 2.75) is 51.6 Å². The fraction of sp³-hybridized carbons (Fsp3) is 0.909. The van der Waals surface area contributed by atoms with Crippen LogP contribution in [-0.4, -0.2) is 25.2 Å². The standard InChI is InChI=1S/C11H21NO2/c1-8(2)12-10(6-9-4-5-9)7-11(13)14-3/h8-10,12H,4-7H2,1-3H3. The quantitative estimate of drug-likeness (QED) is 0.662. The molecule has 1 N–H and O–H groups in total. The highest BCUT2D eigenvalue weighted by Gasteiger charge is 2.27. The van der Waals surface area contributed by atoms with Crippen LogP contribution < -0.4 is 5.32 Å². The van der Waals surface area contributed by atoms with E-state index in [9.17, 15) is 4.79 Å². The lowest BCUT2D eigenvalue weighted by Crippen LogP contribution is -2.37. The smallest absolute Gasteiger partial charge is 0.307 e. The molecule has 1 saturated carbocycles. The van der Waals surface area contributed by atoms with E-state index in [1.807, 2.05) is 0 Å². The van der Waals surface area contributed by atoms with Crippen LogP contribution in [-0.2, 0) is 9.53 Å². The lowest BCUT2D eigenvalue weighted by atomic mass is 10.1. The molecule has 1 aliphatic carbocycles. The van der Waals surface area contributed by atoms with Crippen molar-refractivity contribution < 1.29 is 9.53 Å². The van der Waals surface area contributed by atoms with Crippen LogP contribution in [0.3, 0.4) is 0 Å². The second-order valence-corrected chi connectivity index (χ2v) is 4.48. The number of esters is 1. The molecule has 82 valence electrons. The van der Waals surface area contributed by atoms with Gasteiger partial charge in [-0.25, -0.2) is 0 Å². The first-order chi connectivity index (χ1) is 6.61. The van der Waals surface area contributed by atoms with Gasteiger partial charge in [-0.1, -0.05) is 26.7 Å². The van der Waals surface area contributed by atoms with E-state index in [4.69, 9.17) is 0 Å². The molecule has 1 rings (SSSR count). The third kappa shape index (κ3) is 4.61. The van der Waals surface area contributed by atoms with Gasteiger partial charge in [-0.15, -0.1) is 0 Å². The highest BCUT2D eigenvalue weighted by atomic mass is 16.5. The Morgan fingerprint density at radius 1 is 1.50 bits per heavy atom. The van der Waals surface area contributed by atoms with E-state index in [-0.39, 0.29) is 5.97 Å². The van der Waals surface area contributed by atoms with E-state index in [0.717, 1.165) is 12.3 Å². The Bertz CT molecular complexity index is 184. The summed E-state index contributed by atoms with van der Waals surface area (Å²) in [6.07, 6.45) is 4.29. The Balaban J connectivity index is 2.30. The van der Waals surface area contributed by atoms with Gasteiger partial charge in [0.05, 0.1) is 13.5 Å². The van der Waals surface area contributed by atoms with E-state index in [1.165, 1.54) is 20.0 Å². The van der Waals surface area contributed by atoms with Gasteiger partial charge in [0.15, 0.2) is 0 Å². The molecule has 1 aliphatic rings. The molecule has 0 aromatic heterocycles. The Morgan fingerprint density at radius 3 is 2.57 bits per heavy atom. The maximum atomic E-state index is 11.1. The zero-order valence-electron chi connectivity index (χ0n) is 9.38. The van der Waals surface area contributed by atoms with Crippen molar-refractivity contribution in [3.05, 3.63) is 0 Å². The van der Waals surface area contributed by atoms with Gasteiger partial charge in [0.25, 0.3) is 0 Å². The average molecular weight is 199 g/mol. The topological polar surface area (TPSA) is 38.3 Å². The van der Waals surface area contributed by atoms with Crippen molar-refractivity contribution in [1.29, 1.82) is 0 Å². The minimum Gasteiger partial charge on any atom is -0.469 e. The minimum atomic E-state index is -0.108. The van der Waals surface area contributed by atoms with E-state index in [2.05, 4.69) is 23.9 Å². The maximum Gasteiger partial charge on any atom is 0.307 e. The normalized spacial score (nSPS) is 18.3. The predicted molar refractivity (Wildman–Crippen MR) is 56.0 cm³/mol. The number of hydrogen-bond acceptors (Lipinski definition) is 3. The zero-order chi connectivity index (χ0) is 10.6. The average Bonchev–Trinajstić information content (AvgIpc) is 2.86. The summed E-state index contributed by atoms with van der Waals surface area (Å²) in [5.41, 5.74) is 0. The molecule has 0 saturated heterocycles. The van der Waals surface area contributed by atoms with E-state index >= 15 is 0 Å². The first-order valence-electron chi connectivity index (χ1n) is 5.44. The molecule has 0 amide bonds. The second-order valence-electron chi connectivity index (χ2n) is 4.48. The van der Waals surface area contributed by atoms with Crippen molar-refractivity contribution in [2.24, 2.45) is 5.92 Å². The lowest BCUT2D eigenvalue weighted by molar-refractivity contribution is -0.141. The Labute approximate surface area is 86.2 Å². The van der Waals surface area contributed by atoms with Crippen LogP contribution in [0.1, 0.15) is 39.5 Å². The van der Waals surface area contributed by atoms with E-state index in [1.54, 1.807) is 0 Å². The summed E-state index contributed by atoms with van der Waals surface area (Å²) in [7, 11) is 1.45. The summed E-state index contributed by atoms with van der Waals surface area (Å²) in [6.45, 7) is 4.22. The van der Waals surface area contributed by atoms with Crippen LogP contribution in [0.2, 0.25) is 0 Å². The van der Waals surface area contributed by atoms with Gasteiger partial charge in [-0.2, -0.15) is 0 Å². The highest BCUT2D eigenvalue weighted by Crippen LogP contribution is 2.34. The van der Waals surface area contributed by atoms with Crippen molar-refractivity contribution in [2.75, 3.05) is 7.11 Å². The van der Waals surface area contributed by atoms with Crippen LogP contribution in [0.4, 0.5) is 0 Å². The predicted octanol–water partition coefficient (Wildman–Crippen LogP) is 1.72. The number of ether oxygens (including phenoxy) is 1. The van der Waals surface area contributed by atoms with Crippen molar-refractivity contribution in [3.8, 4) is 0 Å². The monoisotopic (exact) mass is 199 g/mol. The van der Waals surface area contributed by atoms with Crippen LogP contribution in [0.5, 0.6) is 0 Å². The summed E-state index contributed by atoms with van der Waals surface area (Å²) in [4.78, 5) is 11.1. The molecule has 0 aliphatic heterocycles. The highest BCUT2D eigenvalue weighted by molar-refractivity contribution is 5.69. The Morgan fingerprint density at radius 2 is 2.14 bits per heavy atom. The fourth-order valence-corrected chi connectivity index (χ4v) is 1.72. The molecule has 3 nitrogen and oxygen atoms in total. The molecule has 3 heteroatoms. The second kappa shape index (κ2) is 5.35. The summed E-state index contributed by atoms with van der Waals surface area (Å²) in [5, 5.41) is 3.42. The maximum absolute atomic E-state index is 11.1. The molecule has 1 fully saturated rings. The first kappa shape index (κ1) is 11.5. The molecule has 0 heterocycles. The molecule has 0 aromatic rings. The van der Waals surface area contributed by atoms with Crippen molar-refractivity contribution >= 4 is 5.97 Å². The minimum absolute atomic E-state index is 0.108. The van der Waals surface area contributed by atoms with E-state index in [0.29, 0.717) is 18.5 Å². The number of nitrogens with one attached hydrogen (secondary N) is 1. The Hall–Kier alpha value is -0.570. The van der Waals surface area contributed by atoms with Crippen molar-refractivity contribution in [1.82, 2.24) is 5.32 Å². The molecule has 0 aromatic carbocycles. The van der Waals surface area contributed by atoms with Crippen LogP contribution >= 0.6 is 0 Å². The zero-order valence-corrected chi connectivity index (χ0v) is 9.38. The SMILES string of the molecule is COC(=O)CC(CC1CC1)NC(C)C. The molecule has 0 spiro atoms. The largest absolute Gasteiger partial charge is 0.469 e. The summed E-state index contributed by atoms with van der Waals surface area (Å²) in [5.74, 6) is 0.736. The van der Waals surface area contributed by atoms with Gasteiger partial charge < -0.3 is 10.1 Å². The fourth-order valence-electron chi connectivity index (χ4n) is 1.72. The Kier molecular flexibility index (Phi) is 4.39. The molecular formula is C11H21NO2. The number of carbonyl (C=O) groups excluding carboxylic acids is 1. The van der Waals surface area contributed by atoms with Gasteiger partial charge in [0.2, 0.25) is 0 Å². The van der Waals surface area contributed by atoms with Crippen molar-refractivity contribution in [3.63, 3.8) is 0 Å². The van der Waals surface area contributed by atoms with Crippen LogP contribution in [0.15, 0.2) is 0 Å². The molecule has 1 unspecified atom stereocenters. The molecule has 1 atom stereocenters. The van der Waals surface area contributed by atoms with Gasteiger partial charge >= 0.3 is 5.97 Å². The number of methoxy groups -OCH3 is 1. The van der Waals surface area contributed by atoms with Crippen LogP contribution in [0.25, 0.3) is 0 Å². The van der Waals surface area contributed by atoms with Gasteiger partial charge in [-0.05, 0) is 12.3 Å². The molecule has 0 radical (unpaired) electrons. The molecular weight excluding hydrogens is 178 g/mol. The third-order valence-electron chi connectivity index (χ3n) is 2.52. The first-order valence-corrected chi connectivity index (χ1v) is 5.44. The number of hydrogen-bond donors (Lipinski definition) is 1. The summed E-state index contributed by atoms with van der Waals surface area (Å²) < 4.78 is 4.69. The summed E-state index contributed by atoms with van der Waals surface area (Å²) in [6, 6.07) is 0.735. The van der Waals surface area contributed by atoms with Gasteiger partial charge in [0.1, 0.15) is 0 Å². The van der Waals surface area contributed by atoms with E-state index < -0.39 is 0 Å².